The van der Waals surface area contributed by atoms with Gasteiger partial charge in [-0.2, -0.15) is 0 Å². The highest BCUT2D eigenvalue weighted by Gasteiger charge is 2.47. The van der Waals surface area contributed by atoms with Gasteiger partial charge < -0.3 is 28.8 Å². The van der Waals surface area contributed by atoms with Crippen LogP contribution in [0.3, 0.4) is 0 Å². The Hall–Kier alpha value is -0.730. The lowest BCUT2D eigenvalue weighted by Gasteiger charge is -2.20. The Kier molecular flexibility index (Phi) is 6.33. The van der Waals surface area contributed by atoms with E-state index in [0.29, 0.717) is 32.2 Å². The molecule has 4 aliphatic rings. The van der Waals surface area contributed by atoms with Gasteiger partial charge in [-0.3, -0.25) is 4.79 Å². The minimum absolute atomic E-state index is 0.0342. The summed E-state index contributed by atoms with van der Waals surface area (Å²) in [5.41, 5.74) is 0. The molecule has 2 saturated heterocycles. The van der Waals surface area contributed by atoms with E-state index >= 15 is 0 Å². The molecule has 2 aliphatic carbocycles. The maximum absolute atomic E-state index is 11.5. The minimum Gasteiger partial charge on any atom is -0.466 e. The molecule has 2 unspecified atom stereocenters. The molecule has 1 N–H and O–H groups in total. The molecule has 0 aromatic heterocycles. The van der Waals surface area contributed by atoms with Crippen molar-refractivity contribution in [3.8, 4) is 0 Å². The van der Waals surface area contributed by atoms with Gasteiger partial charge in [-0.15, -0.1) is 0 Å². The topological polar surface area (TPSA) is 83.5 Å². The molecule has 2 aliphatic heterocycles. The highest BCUT2D eigenvalue weighted by molar-refractivity contribution is 5.72. The summed E-state index contributed by atoms with van der Waals surface area (Å²) in [6.45, 7) is 5.28. The van der Waals surface area contributed by atoms with E-state index in [0.717, 1.165) is 45.3 Å². The van der Waals surface area contributed by atoms with Crippen LogP contribution in [0.1, 0.15) is 45.4 Å². The lowest BCUT2D eigenvalue weighted by molar-refractivity contribution is -0.162. The fraction of sp³-hybridized carbons (Fsp3) is 0.944. The number of aliphatic hydroxyl groups excluding tert-OH is 1. The van der Waals surface area contributed by atoms with Crippen molar-refractivity contribution in [2.45, 2.75) is 57.0 Å². The first-order chi connectivity index (χ1) is 12.1. The fourth-order valence-electron chi connectivity index (χ4n) is 4.18. The average molecular weight is 358 g/mol. The van der Waals surface area contributed by atoms with Gasteiger partial charge >= 0.3 is 5.97 Å². The Labute approximate surface area is 148 Å². The molecular weight excluding hydrogens is 328 g/mol. The van der Waals surface area contributed by atoms with Gasteiger partial charge in [0.25, 0.3) is 0 Å². The highest BCUT2D eigenvalue weighted by atomic mass is 16.7. The predicted molar refractivity (Wildman–Crippen MR) is 87.7 cm³/mol. The van der Waals surface area contributed by atoms with Crippen LogP contribution in [0.4, 0.5) is 0 Å². The molecule has 144 valence electrons. The van der Waals surface area contributed by atoms with Crippen molar-refractivity contribution >= 4 is 5.97 Å². The molecule has 0 aromatic carbocycles. The van der Waals surface area contributed by atoms with Gasteiger partial charge in [0, 0.05) is 32.3 Å². The largest absolute Gasteiger partial charge is 0.466 e. The Morgan fingerprint density at radius 2 is 1.56 bits per heavy atom. The first-order valence-electron chi connectivity index (χ1n) is 9.44. The minimum atomic E-state index is -0.461. The number of esters is 1. The SMILES string of the molecule is CCOC(=O)C1CCC2(C1)OCCO2.OCC1CCC2(C1)OCCO2. The smallest absolute Gasteiger partial charge is 0.309 e. The predicted octanol–water partition coefficient (Wildman–Crippen LogP) is 1.61. The van der Waals surface area contributed by atoms with Crippen LogP contribution in [0.15, 0.2) is 0 Å². The monoisotopic (exact) mass is 358 g/mol. The van der Waals surface area contributed by atoms with Crippen LogP contribution in [0, 0.1) is 11.8 Å². The first kappa shape index (κ1) is 19.0. The maximum Gasteiger partial charge on any atom is 0.309 e. The van der Waals surface area contributed by atoms with Crippen molar-refractivity contribution in [2.24, 2.45) is 11.8 Å². The van der Waals surface area contributed by atoms with E-state index in [2.05, 4.69) is 0 Å². The van der Waals surface area contributed by atoms with Crippen molar-refractivity contribution < 1.29 is 33.6 Å². The second kappa shape index (κ2) is 8.31. The summed E-state index contributed by atoms with van der Waals surface area (Å²) >= 11 is 0. The molecule has 0 radical (unpaired) electrons. The zero-order valence-electron chi connectivity index (χ0n) is 15.0. The molecular formula is C18H30O7. The van der Waals surface area contributed by atoms with Crippen LogP contribution in [-0.2, 0) is 28.5 Å². The van der Waals surface area contributed by atoms with Gasteiger partial charge in [0.1, 0.15) is 0 Å². The van der Waals surface area contributed by atoms with Crippen LogP contribution in [0.2, 0.25) is 0 Å². The summed E-state index contributed by atoms with van der Waals surface area (Å²) in [7, 11) is 0. The third-order valence-corrected chi connectivity index (χ3v) is 5.47. The zero-order valence-corrected chi connectivity index (χ0v) is 15.0. The molecule has 7 heteroatoms. The van der Waals surface area contributed by atoms with Crippen LogP contribution in [-0.4, -0.2) is 62.3 Å². The van der Waals surface area contributed by atoms with Gasteiger partial charge in [-0.05, 0) is 25.7 Å². The Morgan fingerprint density at radius 3 is 2.08 bits per heavy atom. The van der Waals surface area contributed by atoms with Gasteiger partial charge in [0.15, 0.2) is 11.6 Å². The molecule has 7 nitrogen and oxygen atoms in total. The van der Waals surface area contributed by atoms with Crippen LogP contribution < -0.4 is 0 Å². The summed E-state index contributed by atoms with van der Waals surface area (Å²) in [6.07, 6.45) is 5.17. The third-order valence-electron chi connectivity index (χ3n) is 5.47. The summed E-state index contributed by atoms with van der Waals surface area (Å²) < 4.78 is 27.0. The maximum atomic E-state index is 11.5. The van der Waals surface area contributed by atoms with E-state index in [1.54, 1.807) is 0 Å². The number of carbonyl (C=O) groups is 1. The van der Waals surface area contributed by atoms with Crippen molar-refractivity contribution in [3.05, 3.63) is 0 Å². The molecule has 4 fully saturated rings. The first-order valence-corrected chi connectivity index (χ1v) is 9.44. The molecule has 2 heterocycles. The van der Waals surface area contributed by atoms with E-state index < -0.39 is 5.79 Å². The average Bonchev–Trinajstić information content (AvgIpc) is 3.41. The Balaban J connectivity index is 0.000000150. The Morgan fingerprint density at radius 1 is 1.00 bits per heavy atom. The van der Waals surface area contributed by atoms with Gasteiger partial charge in [-0.1, -0.05) is 0 Å². The molecule has 2 saturated carbocycles. The molecule has 0 bridgehead atoms. The molecule has 2 atom stereocenters. The molecule has 2 spiro atoms. The van der Waals surface area contributed by atoms with Gasteiger partial charge in [0.05, 0.1) is 39.0 Å². The second-order valence-corrected chi connectivity index (χ2v) is 7.20. The molecule has 0 amide bonds. The van der Waals surface area contributed by atoms with Crippen molar-refractivity contribution in [3.63, 3.8) is 0 Å². The number of hydrogen-bond acceptors (Lipinski definition) is 7. The second-order valence-electron chi connectivity index (χ2n) is 7.20. The molecule has 25 heavy (non-hydrogen) atoms. The summed E-state index contributed by atoms with van der Waals surface area (Å²) in [5.74, 6) is -0.505. The number of ether oxygens (including phenoxy) is 5. The van der Waals surface area contributed by atoms with Crippen molar-refractivity contribution in [1.29, 1.82) is 0 Å². The van der Waals surface area contributed by atoms with Crippen molar-refractivity contribution in [2.75, 3.05) is 39.6 Å². The molecule has 0 aromatic rings. The number of aliphatic hydroxyl groups is 1. The van der Waals surface area contributed by atoms with E-state index in [9.17, 15) is 4.79 Å². The fourth-order valence-corrected chi connectivity index (χ4v) is 4.18. The van der Waals surface area contributed by atoms with Gasteiger partial charge in [0.2, 0.25) is 0 Å². The quantitative estimate of drug-likeness (QED) is 0.768. The third kappa shape index (κ3) is 4.52. The van der Waals surface area contributed by atoms with Crippen LogP contribution in [0.25, 0.3) is 0 Å². The summed E-state index contributed by atoms with van der Waals surface area (Å²) in [5, 5.41) is 8.90. The van der Waals surface area contributed by atoms with Gasteiger partial charge in [-0.25, -0.2) is 0 Å². The van der Waals surface area contributed by atoms with E-state index in [-0.39, 0.29) is 24.3 Å². The zero-order chi connectivity index (χ0) is 17.8. The lowest BCUT2D eigenvalue weighted by atomic mass is 10.1. The number of hydrogen-bond donors (Lipinski definition) is 1. The van der Waals surface area contributed by atoms with E-state index in [4.69, 9.17) is 28.8 Å². The van der Waals surface area contributed by atoms with E-state index in [1.165, 1.54) is 0 Å². The van der Waals surface area contributed by atoms with E-state index in [1.807, 2.05) is 6.92 Å². The van der Waals surface area contributed by atoms with Crippen LogP contribution in [0.5, 0.6) is 0 Å². The van der Waals surface area contributed by atoms with Crippen LogP contribution >= 0.6 is 0 Å². The number of carbonyl (C=O) groups excluding carboxylic acids is 1. The standard InChI is InChI=1S/C10H16O4.C8H14O3/c1-2-12-9(11)8-3-4-10(7-8)13-5-6-14-10;9-6-7-1-2-8(5-7)10-3-4-11-8/h8H,2-7H2,1H3;7,9H,1-6H2. The highest BCUT2D eigenvalue weighted by Crippen LogP contribution is 2.41. The van der Waals surface area contributed by atoms with Crippen molar-refractivity contribution in [1.82, 2.24) is 0 Å². The summed E-state index contributed by atoms with van der Waals surface area (Å²) in [4.78, 5) is 11.5. The Bertz CT molecular complexity index is 441. The normalized spacial score (nSPS) is 32.1. The number of rotatable bonds is 3. The molecule has 4 rings (SSSR count). The lowest BCUT2D eigenvalue weighted by Crippen LogP contribution is -2.27. The summed E-state index contributed by atoms with van der Waals surface area (Å²) in [6, 6.07) is 0.